The number of benzene rings is 2. The Hall–Kier alpha value is -3.65. The van der Waals surface area contributed by atoms with Crippen molar-refractivity contribution >= 4 is 28.4 Å². The van der Waals surface area contributed by atoms with E-state index in [4.69, 9.17) is 4.74 Å². The van der Waals surface area contributed by atoms with Crippen molar-refractivity contribution in [1.29, 1.82) is 0 Å². The number of rotatable bonds is 11. The largest absolute Gasteiger partial charge is 0.497 e. The minimum Gasteiger partial charge on any atom is -0.497 e. The summed E-state index contributed by atoms with van der Waals surface area (Å²) >= 11 is 0. The van der Waals surface area contributed by atoms with Crippen molar-refractivity contribution in [1.82, 2.24) is 20.5 Å². The van der Waals surface area contributed by atoms with Crippen molar-refractivity contribution < 1.29 is 14.3 Å². The van der Waals surface area contributed by atoms with Crippen LogP contribution >= 0.6 is 0 Å². The Bertz CT molecular complexity index is 1230. The van der Waals surface area contributed by atoms with Crippen LogP contribution in [0, 0.1) is 0 Å². The molecule has 0 spiro atoms. The molecule has 2 atom stereocenters. The molecule has 37 heavy (non-hydrogen) atoms. The van der Waals surface area contributed by atoms with Crippen LogP contribution in [0.1, 0.15) is 39.2 Å². The third kappa shape index (κ3) is 6.57. The Morgan fingerprint density at radius 2 is 1.97 bits per heavy atom. The van der Waals surface area contributed by atoms with Gasteiger partial charge in [-0.05, 0) is 57.7 Å². The van der Waals surface area contributed by atoms with E-state index in [1.54, 1.807) is 18.2 Å². The summed E-state index contributed by atoms with van der Waals surface area (Å²) in [6.45, 7) is 6.58. The summed E-state index contributed by atoms with van der Waals surface area (Å²) in [5.74, 6) is 0.593. The molecule has 1 aromatic heterocycles. The van der Waals surface area contributed by atoms with Gasteiger partial charge in [0.1, 0.15) is 12.3 Å². The zero-order valence-electron chi connectivity index (χ0n) is 22.1. The van der Waals surface area contributed by atoms with Gasteiger partial charge in [-0.1, -0.05) is 36.4 Å². The van der Waals surface area contributed by atoms with E-state index in [0.717, 1.165) is 40.7 Å². The van der Waals surface area contributed by atoms with Crippen LogP contribution in [0.4, 0.5) is 5.69 Å². The Morgan fingerprint density at radius 1 is 1.19 bits per heavy atom. The number of ether oxygens (including phenoxy) is 1. The summed E-state index contributed by atoms with van der Waals surface area (Å²) in [4.78, 5) is 31.9. The fraction of sp³-hybridized carbons (Fsp3) is 0.414. The number of hydrogen-bond donors (Lipinski definition) is 3. The highest BCUT2D eigenvalue weighted by Crippen LogP contribution is 2.28. The number of amides is 2. The average molecular weight is 504 g/mol. The lowest BCUT2D eigenvalue weighted by Gasteiger charge is -2.30. The third-order valence-corrected chi connectivity index (χ3v) is 6.80. The molecule has 8 nitrogen and oxygen atoms in total. The standard InChI is InChI=1S/C29H37N5O3/c1-20(32-24-18-23(37-4)17-22-13-9-15-31-27(22)24)10-8-14-30-26(35)19-34-28(36)25(33-29(34,2)3)16-21-11-6-5-7-12-21/h5-7,9,11-13,15,17-18,20,25,32-33H,8,10,14,16,19H2,1-4H3,(H,30,35)/t20?,25-/m0/s1. The molecule has 1 fully saturated rings. The summed E-state index contributed by atoms with van der Waals surface area (Å²) in [7, 11) is 1.66. The highest BCUT2D eigenvalue weighted by molar-refractivity contribution is 5.92. The molecule has 3 aromatic rings. The lowest BCUT2D eigenvalue weighted by atomic mass is 10.1. The zero-order chi connectivity index (χ0) is 26.4. The number of pyridine rings is 1. The highest BCUT2D eigenvalue weighted by Gasteiger charge is 2.44. The van der Waals surface area contributed by atoms with E-state index in [1.165, 1.54) is 0 Å². The Balaban J connectivity index is 1.24. The van der Waals surface area contributed by atoms with Crippen LogP contribution in [-0.4, -0.2) is 59.6 Å². The first-order valence-corrected chi connectivity index (χ1v) is 12.9. The smallest absolute Gasteiger partial charge is 0.242 e. The van der Waals surface area contributed by atoms with Gasteiger partial charge < -0.3 is 20.3 Å². The van der Waals surface area contributed by atoms with Gasteiger partial charge >= 0.3 is 0 Å². The Kier molecular flexibility index (Phi) is 8.28. The molecule has 1 aliphatic rings. The molecule has 1 saturated heterocycles. The lowest BCUT2D eigenvalue weighted by Crippen LogP contribution is -2.51. The van der Waals surface area contributed by atoms with Crippen molar-refractivity contribution in [3.8, 4) is 5.75 Å². The van der Waals surface area contributed by atoms with Crippen molar-refractivity contribution in [2.75, 3.05) is 25.5 Å². The van der Waals surface area contributed by atoms with Crippen LogP contribution < -0.4 is 20.7 Å². The normalized spacial score (nSPS) is 17.6. The number of nitrogens with zero attached hydrogens (tertiary/aromatic N) is 2. The number of methoxy groups -OCH3 is 1. The van der Waals surface area contributed by atoms with Crippen LogP contribution in [0.15, 0.2) is 60.8 Å². The fourth-order valence-electron chi connectivity index (χ4n) is 4.86. The van der Waals surface area contributed by atoms with Gasteiger partial charge in [0, 0.05) is 30.2 Å². The Labute approximate surface area is 218 Å². The fourth-order valence-corrected chi connectivity index (χ4v) is 4.86. The second kappa shape index (κ2) is 11.6. The molecule has 0 radical (unpaired) electrons. The molecule has 2 amide bonds. The monoisotopic (exact) mass is 503 g/mol. The molecule has 0 bridgehead atoms. The van der Waals surface area contributed by atoms with Crippen molar-refractivity contribution in [3.63, 3.8) is 0 Å². The molecular weight excluding hydrogens is 466 g/mol. The van der Waals surface area contributed by atoms with Gasteiger partial charge in [-0.25, -0.2) is 0 Å². The molecule has 2 heterocycles. The molecule has 1 unspecified atom stereocenters. The van der Waals surface area contributed by atoms with Crippen LogP contribution in [0.5, 0.6) is 5.75 Å². The zero-order valence-corrected chi connectivity index (χ0v) is 22.1. The van der Waals surface area contributed by atoms with Gasteiger partial charge in [-0.3, -0.25) is 19.9 Å². The number of nitrogens with one attached hydrogen (secondary N) is 3. The maximum atomic E-state index is 13.1. The van der Waals surface area contributed by atoms with Crippen LogP contribution in [0.25, 0.3) is 10.9 Å². The first-order valence-electron chi connectivity index (χ1n) is 12.9. The van der Waals surface area contributed by atoms with Gasteiger partial charge in [0.2, 0.25) is 11.8 Å². The number of carbonyl (C=O) groups excluding carboxylic acids is 2. The van der Waals surface area contributed by atoms with Gasteiger partial charge in [-0.15, -0.1) is 0 Å². The lowest BCUT2D eigenvalue weighted by molar-refractivity contribution is -0.136. The summed E-state index contributed by atoms with van der Waals surface area (Å²) in [5, 5.41) is 10.9. The van der Waals surface area contributed by atoms with E-state index < -0.39 is 5.66 Å². The molecule has 1 aliphatic heterocycles. The van der Waals surface area contributed by atoms with E-state index in [0.29, 0.717) is 13.0 Å². The first-order chi connectivity index (χ1) is 17.8. The van der Waals surface area contributed by atoms with E-state index in [1.807, 2.05) is 68.4 Å². The molecule has 8 heteroatoms. The average Bonchev–Trinajstić information content (AvgIpc) is 3.09. The second-order valence-electron chi connectivity index (χ2n) is 10.2. The summed E-state index contributed by atoms with van der Waals surface area (Å²) in [6, 6.07) is 17.6. The number of carbonyl (C=O) groups is 2. The number of anilines is 1. The number of fused-ring (bicyclic) bond motifs is 1. The first kappa shape index (κ1) is 26.4. The predicted molar refractivity (Wildman–Crippen MR) is 146 cm³/mol. The van der Waals surface area contributed by atoms with Crippen LogP contribution in [0.3, 0.4) is 0 Å². The quantitative estimate of drug-likeness (QED) is 0.345. The third-order valence-electron chi connectivity index (χ3n) is 6.80. The minimum absolute atomic E-state index is 0.0408. The van der Waals surface area contributed by atoms with Crippen molar-refractivity contribution in [3.05, 3.63) is 66.4 Å². The summed E-state index contributed by atoms with van der Waals surface area (Å²) < 4.78 is 5.43. The van der Waals surface area contributed by atoms with E-state index in [2.05, 4.69) is 27.9 Å². The van der Waals surface area contributed by atoms with E-state index >= 15 is 0 Å². The van der Waals surface area contributed by atoms with Crippen LogP contribution in [0.2, 0.25) is 0 Å². The molecule has 0 saturated carbocycles. The number of hydrogen-bond acceptors (Lipinski definition) is 6. The predicted octanol–water partition coefficient (Wildman–Crippen LogP) is 3.72. The van der Waals surface area contributed by atoms with Crippen molar-refractivity contribution in [2.45, 2.75) is 57.8 Å². The van der Waals surface area contributed by atoms with Crippen LogP contribution in [-0.2, 0) is 16.0 Å². The molecule has 196 valence electrons. The van der Waals surface area contributed by atoms with E-state index in [-0.39, 0.29) is 30.4 Å². The highest BCUT2D eigenvalue weighted by atomic mass is 16.5. The molecule has 0 aliphatic carbocycles. The Morgan fingerprint density at radius 3 is 2.73 bits per heavy atom. The second-order valence-corrected chi connectivity index (χ2v) is 10.2. The maximum Gasteiger partial charge on any atom is 0.242 e. The summed E-state index contributed by atoms with van der Waals surface area (Å²) in [6.07, 6.45) is 4.05. The van der Waals surface area contributed by atoms with Gasteiger partial charge in [0.15, 0.2) is 0 Å². The van der Waals surface area contributed by atoms with Crippen molar-refractivity contribution in [2.24, 2.45) is 0 Å². The molecule has 3 N–H and O–H groups in total. The molecular formula is C29H37N5O3. The van der Waals surface area contributed by atoms with Gasteiger partial charge in [0.25, 0.3) is 0 Å². The minimum atomic E-state index is -0.583. The molecule has 2 aromatic carbocycles. The van der Waals surface area contributed by atoms with Gasteiger partial charge in [-0.2, -0.15) is 0 Å². The maximum absolute atomic E-state index is 13.1. The van der Waals surface area contributed by atoms with Gasteiger partial charge in [0.05, 0.1) is 30.0 Å². The topological polar surface area (TPSA) is 95.6 Å². The summed E-state index contributed by atoms with van der Waals surface area (Å²) in [5.41, 5.74) is 2.34. The molecule has 4 rings (SSSR count). The van der Waals surface area contributed by atoms with E-state index in [9.17, 15) is 9.59 Å². The SMILES string of the molecule is COc1cc(NC(C)CCCNC(=O)CN2C(=O)[C@H](Cc3ccccc3)NC2(C)C)c2ncccc2c1. The number of aromatic nitrogens is 1.